The molecule has 2 aromatic rings. The van der Waals surface area contributed by atoms with E-state index in [9.17, 15) is 9.59 Å². The molecule has 4 rings (SSSR count). The van der Waals surface area contributed by atoms with Crippen LogP contribution in [0.15, 0.2) is 23.1 Å². The molecular formula is C20H28N4O3. The van der Waals surface area contributed by atoms with E-state index < -0.39 is 0 Å². The molecule has 0 radical (unpaired) electrons. The molecule has 0 unspecified atom stereocenters. The molecule has 2 fully saturated rings. The molecule has 146 valence electrons. The smallest absolute Gasteiger partial charge is 0.330 e. The molecule has 2 aliphatic rings. The lowest BCUT2D eigenvalue weighted by Gasteiger charge is -2.44. The predicted molar refractivity (Wildman–Crippen MR) is 103 cm³/mol. The average Bonchev–Trinajstić information content (AvgIpc) is 2.97. The molecule has 0 bridgehead atoms. The minimum Gasteiger partial charge on any atom is -0.383 e. The third-order valence-corrected chi connectivity index (χ3v) is 6.15. The van der Waals surface area contributed by atoms with E-state index in [1.807, 2.05) is 12.1 Å². The van der Waals surface area contributed by atoms with Gasteiger partial charge in [-0.15, -0.1) is 0 Å². The van der Waals surface area contributed by atoms with Crippen LogP contribution in [0, 0.1) is 5.92 Å². The van der Waals surface area contributed by atoms with Gasteiger partial charge in [0.25, 0.3) is 0 Å². The Balaban J connectivity index is 1.62. The third kappa shape index (κ3) is 3.40. The summed E-state index contributed by atoms with van der Waals surface area (Å²) in [5, 5.41) is 0. The van der Waals surface area contributed by atoms with E-state index in [2.05, 4.69) is 9.88 Å². The van der Waals surface area contributed by atoms with Crippen LogP contribution in [0.2, 0.25) is 0 Å². The van der Waals surface area contributed by atoms with Crippen LogP contribution in [-0.2, 0) is 22.6 Å². The van der Waals surface area contributed by atoms with Crippen LogP contribution in [0.5, 0.6) is 0 Å². The topological polar surface area (TPSA) is 69.4 Å². The molecule has 2 aromatic heterocycles. The van der Waals surface area contributed by atoms with Gasteiger partial charge in [0.15, 0.2) is 5.65 Å². The van der Waals surface area contributed by atoms with Gasteiger partial charge in [-0.05, 0) is 43.7 Å². The van der Waals surface area contributed by atoms with Crippen molar-refractivity contribution >= 4 is 17.1 Å². The molecule has 7 heteroatoms. The second-order valence-electron chi connectivity index (χ2n) is 7.70. The number of likely N-dealkylation sites (tertiary alicyclic amines) is 1. The van der Waals surface area contributed by atoms with Gasteiger partial charge in [0.2, 0.25) is 5.91 Å². The summed E-state index contributed by atoms with van der Waals surface area (Å²) in [6, 6.07) is 4.03. The lowest BCUT2D eigenvalue weighted by Crippen LogP contribution is -2.51. The van der Waals surface area contributed by atoms with E-state index in [4.69, 9.17) is 4.74 Å². The Morgan fingerprint density at radius 2 is 2.04 bits per heavy atom. The molecule has 1 aliphatic heterocycles. The van der Waals surface area contributed by atoms with Crippen molar-refractivity contribution in [1.29, 1.82) is 0 Å². The minimum absolute atomic E-state index is 0.0587. The summed E-state index contributed by atoms with van der Waals surface area (Å²) >= 11 is 0. The number of carbonyl (C=O) groups excluding carboxylic acids is 1. The van der Waals surface area contributed by atoms with E-state index in [0.29, 0.717) is 36.3 Å². The molecule has 1 saturated heterocycles. The standard InChI is InChI=1S/C20H28N4O3/c1-27-13-12-23-19-17(9-4-10-21-19)24(20(23)26)14-18(25)22-11-5-7-15-6-2-3-8-16(15)22/h4,9-10,15-16H,2-3,5-8,11-14H2,1H3/t15-,16+/m0/s1. The number of piperidine rings is 1. The first-order valence-corrected chi connectivity index (χ1v) is 10.0. The van der Waals surface area contributed by atoms with Gasteiger partial charge in [0, 0.05) is 25.9 Å². The predicted octanol–water partition coefficient (Wildman–Crippen LogP) is 2.03. The van der Waals surface area contributed by atoms with Crippen molar-refractivity contribution in [3.63, 3.8) is 0 Å². The van der Waals surface area contributed by atoms with E-state index in [-0.39, 0.29) is 18.1 Å². The first kappa shape index (κ1) is 18.2. The zero-order valence-electron chi connectivity index (χ0n) is 16.0. The Morgan fingerprint density at radius 1 is 1.22 bits per heavy atom. The molecule has 0 N–H and O–H groups in total. The highest BCUT2D eigenvalue weighted by Gasteiger charge is 2.35. The Bertz CT molecular complexity index is 870. The summed E-state index contributed by atoms with van der Waals surface area (Å²) in [6.45, 7) is 1.76. The molecule has 1 saturated carbocycles. The van der Waals surface area contributed by atoms with Gasteiger partial charge in [0.1, 0.15) is 6.54 Å². The van der Waals surface area contributed by atoms with Crippen molar-refractivity contribution in [3.05, 3.63) is 28.8 Å². The van der Waals surface area contributed by atoms with Crippen molar-refractivity contribution in [1.82, 2.24) is 19.0 Å². The normalized spacial score (nSPS) is 22.8. The van der Waals surface area contributed by atoms with Crippen molar-refractivity contribution < 1.29 is 9.53 Å². The SMILES string of the molecule is COCCn1c(=O)n(CC(=O)N2CCC[C@@H]3CCCC[C@H]32)c2cccnc21. The number of hydrogen-bond acceptors (Lipinski definition) is 4. The molecule has 27 heavy (non-hydrogen) atoms. The second kappa shape index (κ2) is 7.84. The number of fused-ring (bicyclic) bond motifs is 2. The fourth-order valence-electron chi connectivity index (χ4n) is 4.84. The number of pyridine rings is 1. The number of imidazole rings is 1. The number of methoxy groups -OCH3 is 1. The minimum atomic E-state index is -0.189. The average molecular weight is 372 g/mol. The van der Waals surface area contributed by atoms with Crippen LogP contribution in [-0.4, -0.2) is 51.2 Å². The fourth-order valence-corrected chi connectivity index (χ4v) is 4.84. The van der Waals surface area contributed by atoms with Crippen molar-refractivity contribution in [3.8, 4) is 0 Å². The molecule has 2 atom stereocenters. The van der Waals surface area contributed by atoms with Crippen LogP contribution >= 0.6 is 0 Å². The number of carbonyl (C=O) groups is 1. The Kier molecular flexibility index (Phi) is 5.29. The zero-order chi connectivity index (χ0) is 18.8. The van der Waals surface area contributed by atoms with Crippen LogP contribution in [0.3, 0.4) is 0 Å². The largest absolute Gasteiger partial charge is 0.383 e. The number of nitrogens with zero attached hydrogens (tertiary/aromatic N) is 4. The maximum atomic E-state index is 13.2. The van der Waals surface area contributed by atoms with Gasteiger partial charge in [-0.1, -0.05) is 12.8 Å². The van der Waals surface area contributed by atoms with Gasteiger partial charge < -0.3 is 9.64 Å². The Labute approximate surface area is 158 Å². The number of aromatic nitrogens is 3. The van der Waals surface area contributed by atoms with Crippen LogP contribution in [0.4, 0.5) is 0 Å². The lowest BCUT2D eigenvalue weighted by atomic mass is 9.78. The maximum Gasteiger partial charge on any atom is 0.330 e. The lowest BCUT2D eigenvalue weighted by molar-refractivity contribution is -0.138. The fraction of sp³-hybridized carbons (Fsp3) is 0.650. The second-order valence-corrected chi connectivity index (χ2v) is 7.70. The summed E-state index contributed by atoms with van der Waals surface area (Å²) in [5.74, 6) is 0.696. The van der Waals surface area contributed by atoms with Crippen LogP contribution in [0.1, 0.15) is 38.5 Å². The molecule has 3 heterocycles. The van der Waals surface area contributed by atoms with E-state index >= 15 is 0 Å². The summed E-state index contributed by atoms with van der Waals surface area (Å²) < 4.78 is 8.30. The molecule has 7 nitrogen and oxygen atoms in total. The first-order chi connectivity index (χ1) is 13.2. The van der Waals surface area contributed by atoms with E-state index in [1.165, 1.54) is 25.7 Å². The maximum absolute atomic E-state index is 13.2. The number of hydrogen-bond donors (Lipinski definition) is 0. The van der Waals surface area contributed by atoms with Gasteiger partial charge in [-0.3, -0.25) is 13.9 Å². The molecule has 1 aliphatic carbocycles. The number of rotatable bonds is 5. The summed E-state index contributed by atoms with van der Waals surface area (Å²) in [7, 11) is 1.61. The summed E-state index contributed by atoms with van der Waals surface area (Å²) in [5.41, 5.74) is 1.14. The van der Waals surface area contributed by atoms with E-state index in [0.717, 1.165) is 19.4 Å². The molecular weight excluding hydrogens is 344 g/mol. The Morgan fingerprint density at radius 3 is 2.89 bits per heavy atom. The third-order valence-electron chi connectivity index (χ3n) is 6.15. The number of amides is 1. The van der Waals surface area contributed by atoms with Crippen LogP contribution < -0.4 is 5.69 Å². The highest BCUT2D eigenvalue weighted by Crippen LogP contribution is 2.35. The van der Waals surface area contributed by atoms with Gasteiger partial charge in [-0.2, -0.15) is 0 Å². The molecule has 0 spiro atoms. The summed E-state index contributed by atoms with van der Waals surface area (Å²) in [6.07, 6.45) is 8.78. The summed E-state index contributed by atoms with van der Waals surface area (Å²) in [4.78, 5) is 32.5. The van der Waals surface area contributed by atoms with Crippen molar-refractivity contribution in [2.75, 3.05) is 20.3 Å². The van der Waals surface area contributed by atoms with Gasteiger partial charge in [0.05, 0.1) is 18.7 Å². The van der Waals surface area contributed by atoms with E-state index in [1.54, 1.807) is 22.4 Å². The van der Waals surface area contributed by atoms with Gasteiger partial charge >= 0.3 is 5.69 Å². The number of ether oxygens (including phenoxy) is 1. The van der Waals surface area contributed by atoms with Crippen LogP contribution in [0.25, 0.3) is 11.2 Å². The highest BCUT2D eigenvalue weighted by atomic mass is 16.5. The van der Waals surface area contributed by atoms with Crippen molar-refractivity contribution in [2.24, 2.45) is 5.92 Å². The molecule has 0 aromatic carbocycles. The first-order valence-electron chi connectivity index (χ1n) is 10.0. The molecule has 1 amide bonds. The van der Waals surface area contributed by atoms with Crippen molar-refractivity contribution in [2.45, 2.75) is 57.7 Å². The highest BCUT2D eigenvalue weighted by molar-refractivity contribution is 5.79. The monoisotopic (exact) mass is 372 g/mol. The quantitative estimate of drug-likeness (QED) is 0.805. The zero-order valence-corrected chi connectivity index (χ0v) is 16.0. The van der Waals surface area contributed by atoms with Gasteiger partial charge in [-0.25, -0.2) is 9.78 Å². The Hall–Kier alpha value is -2.15.